The number of halogens is 3. The zero-order valence-electron chi connectivity index (χ0n) is 12.5. The zero-order valence-corrected chi connectivity index (χ0v) is 14.1. The van der Waals surface area contributed by atoms with Crippen molar-refractivity contribution < 1.29 is 18.3 Å². The van der Waals surface area contributed by atoms with Crippen LogP contribution in [0.2, 0.25) is 0 Å². The molecule has 2 N–H and O–H groups in total. The Kier molecular flexibility index (Phi) is 5.03. The first-order chi connectivity index (χ1) is 12.0. The summed E-state index contributed by atoms with van der Waals surface area (Å²) in [5, 5.41) is 9.22. The lowest BCUT2D eigenvalue weighted by Crippen LogP contribution is -2.13. The van der Waals surface area contributed by atoms with Gasteiger partial charge < -0.3 is 4.74 Å². The number of nitrogens with one attached hydrogen (secondary N) is 2. The smallest absolute Gasteiger partial charge is 0.387 e. The molecule has 3 aromatic rings. The molecule has 0 radical (unpaired) electrons. The summed E-state index contributed by atoms with van der Waals surface area (Å²) in [6, 6.07) is 12.7. The third-order valence-electron chi connectivity index (χ3n) is 3.18. The van der Waals surface area contributed by atoms with Crippen LogP contribution in [-0.2, 0) is 0 Å². The minimum atomic E-state index is -2.91. The minimum Gasteiger partial charge on any atom is -0.435 e. The molecule has 25 heavy (non-hydrogen) atoms. The topological polar surface area (TPSA) is 79.9 Å². The summed E-state index contributed by atoms with van der Waals surface area (Å²) in [5.74, 6) is 0.0917. The van der Waals surface area contributed by atoms with Crippen molar-refractivity contribution in [1.29, 1.82) is 0 Å². The fourth-order valence-corrected chi connectivity index (χ4v) is 2.53. The predicted octanol–water partition coefficient (Wildman–Crippen LogP) is 4.09. The number of nitrogens with zero attached hydrogens (tertiary/aromatic N) is 2. The number of amides is 1. The number of carbonyl (C=O) groups excluding carboxylic acids is 1. The Morgan fingerprint density at radius 1 is 1.16 bits per heavy atom. The molecule has 1 aromatic heterocycles. The Balaban J connectivity index is 1.70. The zero-order chi connectivity index (χ0) is 17.8. The van der Waals surface area contributed by atoms with Crippen LogP contribution in [0.3, 0.4) is 0 Å². The van der Waals surface area contributed by atoms with E-state index in [-0.39, 0.29) is 17.3 Å². The second-order valence-corrected chi connectivity index (χ2v) is 5.70. The molecule has 0 bridgehead atoms. The van der Waals surface area contributed by atoms with Gasteiger partial charge in [0.1, 0.15) is 5.75 Å². The van der Waals surface area contributed by atoms with Crippen molar-refractivity contribution in [3.8, 4) is 17.1 Å². The molecule has 0 unspecified atom stereocenters. The third kappa shape index (κ3) is 4.18. The number of ether oxygens (including phenoxy) is 1. The van der Waals surface area contributed by atoms with E-state index in [1.165, 1.54) is 24.3 Å². The molecule has 0 saturated carbocycles. The minimum absolute atomic E-state index is 0.0272. The van der Waals surface area contributed by atoms with E-state index in [1.807, 2.05) is 24.3 Å². The molecule has 9 heteroatoms. The predicted molar refractivity (Wildman–Crippen MR) is 90.5 cm³/mol. The summed E-state index contributed by atoms with van der Waals surface area (Å²) in [4.78, 5) is 16.4. The van der Waals surface area contributed by atoms with Crippen LogP contribution in [-0.4, -0.2) is 27.7 Å². The van der Waals surface area contributed by atoms with Crippen LogP contribution in [0.5, 0.6) is 5.75 Å². The number of carbonyl (C=O) groups is 1. The van der Waals surface area contributed by atoms with Crippen LogP contribution in [0.25, 0.3) is 11.4 Å². The lowest BCUT2D eigenvalue weighted by atomic mass is 10.2. The van der Waals surface area contributed by atoms with Crippen LogP contribution in [0, 0.1) is 0 Å². The van der Waals surface area contributed by atoms with Gasteiger partial charge in [-0.1, -0.05) is 34.1 Å². The van der Waals surface area contributed by atoms with Gasteiger partial charge in [-0.15, -0.1) is 5.10 Å². The van der Waals surface area contributed by atoms with Gasteiger partial charge in [0.15, 0.2) is 5.82 Å². The van der Waals surface area contributed by atoms with Crippen LogP contribution in [0.1, 0.15) is 10.4 Å². The van der Waals surface area contributed by atoms with Crippen molar-refractivity contribution in [2.24, 2.45) is 0 Å². The lowest BCUT2D eigenvalue weighted by Gasteiger charge is -2.05. The number of hydrogen-bond donors (Lipinski definition) is 2. The van der Waals surface area contributed by atoms with Crippen LogP contribution in [0.4, 0.5) is 14.7 Å². The molecule has 0 saturated heterocycles. The van der Waals surface area contributed by atoms with Crippen molar-refractivity contribution in [2.45, 2.75) is 6.61 Å². The highest BCUT2D eigenvalue weighted by Crippen LogP contribution is 2.25. The van der Waals surface area contributed by atoms with E-state index in [9.17, 15) is 13.6 Å². The van der Waals surface area contributed by atoms with E-state index >= 15 is 0 Å². The highest BCUT2D eigenvalue weighted by Gasteiger charge is 2.13. The van der Waals surface area contributed by atoms with Crippen LogP contribution in [0.15, 0.2) is 53.0 Å². The molecule has 6 nitrogen and oxygen atoms in total. The van der Waals surface area contributed by atoms with Gasteiger partial charge in [0, 0.05) is 15.6 Å². The van der Waals surface area contributed by atoms with Gasteiger partial charge in [-0.05, 0) is 30.3 Å². The summed E-state index contributed by atoms with van der Waals surface area (Å²) < 4.78 is 29.3. The van der Waals surface area contributed by atoms with Gasteiger partial charge in [-0.25, -0.2) is 0 Å². The van der Waals surface area contributed by atoms with Gasteiger partial charge in [-0.2, -0.15) is 13.8 Å². The van der Waals surface area contributed by atoms with Gasteiger partial charge in [-0.3, -0.25) is 15.2 Å². The first-order valence-corrected chi connectivity index (χ1v) is 7.86. The monoisotopic (exact) mass is 408 g/mol. The Bertz CT molecular complexity index is 884. The Morgan fingerprint density at radius 2 is 1.88 bits per heavy atom. The van der Waals surface area contributed by atoms with Gasteiger partial charge in [0.25, 0.3) is 5.91 Å². The fraction of sp³-hybridized carbons (Fsp3) is 0.0625. The number of anilines is 1. The van der Waals surface area contributed by atoms with Crippen molar-refractivity contribution >= 4 is 27.8 Å². The van der Waals surface area contributed by atoms with Crippen LogP contribution >= 0.6 is 15.9 Å². The number of aromatic nitrogens is 3. The van der Waals surface area contributed by atoms with Crippen molar-refractivity contribution in [2.75, 3.05) is 5.32 Å². The summed E-state index contributed by atoms with van der Waals surface area (Å²) in [6.45, 7) is -2.91. The quantitative estimate of drug-likeness (QED) is 0.666. The van der Waals surface area contributed by atoms with E-state index in [4.69, 9.17) is 0 Å². The molecule has 1 amide bonds. The largest absolute Gasteiger partial charge is 0.435 e. The molecule has 0 fully saturated rings. The number of aromatic amines is 1. The average molecular weight is 409 g/mol. The second-order valence-electron chi connectivity index (χ2n) is 4.84. The third-order valence-corrected chi connectivity index (χ3v) is 3.87. The van der Waals surface area contributed by atoms with E-state index in [0.29, 0.717) is 5.82 Å². The van der Waals surface area contributed by atoms with Crippen molar-refractivity contribution in [3.05, 3.63) is 58.6 Å². The molecule has 3 rings (SSSR count). The first-order valence-electron chi connectivity index (χ1n) is 7.06. The van der Waals surface area contributed by atoms with Gasteiger partial charge in [0.2, 0.25) is 5.95 Å². The average Bonchev–Trinajstić information content (AvgIpc) is 3.03. The SMILES string of the molecule is O=C(Nc1n[nH]c(-c2ccccc2Br)n1)c1ccc(OC(F)F)cc1. The summed E-state index contributed by atoms with van der Waals surface area (Å²) in [5.41, 5.74) is 1.05. The normalized spacial score (nSPS) is 10.7. The molecular formula is C16H11BrF2N4O2. The molecule has 0 spiro atoms. The molecule has 0 aliphatic carbocycles. The number of hydrogen-bond acceptors (Lipinski definition) is 4. The van der Waals surface area contributed by atoms with Gasteiger partial charge in [0.05, 0.1) is 0 Å². The molecule has 128 valence electrons. The summed E-state index contributed by atoms with van der Waals surface area (Å²) in [7, 11) is 0. The highest BCUT2D eigenvalue weighted by molar-refractivity contribution is 9.10. The molecule has 0 aliphatic heterocycles. The molecule has 1 heterocycles. The van der Waals surface area contributed by atoms with Crippen molar-refractivity contribution in [1.82, 2.24) is 15.2 Å². The maximum atomic E-state index is 12.2. The second kappa shape index (κ2) is 7.39. The first kappa shape index (κ1) is 17.0. The number of alkyl halides is 2. The summed E-state index contributed by atoms with van der Waals surface area (Å²) >= 11 is 3.41. The standard InChI is InChI=1S/C16H11BrF2N4O2/c17-12-4-2-1-3-11(12)13-20-16(23-22-13)21-14(24)9-5-7-10(8-6-9)25-15(18)19/h1-8,15H,(H2,20,21,22,23,24). The molecule has 2 aromatic carbocycles. The van der Waals surface area contributed by atoms with Gasteiger partial charge >= 0.3 is 6.61 Å². The Morgan fingerprint density at radius 3 is 2.56 bits per heavy atom. The summed E-state index contributed by atoms with van der Waals surface area (Å²) in [6.07, 6.45) is 0. The number of rotatable bonds is 5. The van der Waals surface area contributed by atoms with E-state index in [1.54, 1.807) is 0 Å². The Labute approximate surface area is 149 Å². The molecule has 0 aliphatic rings. The molecule has 0 atom stereocenters. The maximum Gasteiger partial charge on any atom is 0.387 e. The lowest BCUT2D eigenvalue weighted by molar-refractivity contribution is -0.0498. The van der Waals surface area contributed by atoms with Crippen LogP contribution < -0.4 is 10.1 Å². The highest BCUT2D eigenvalue weighted by atomic mass is 79.9. The number of benzene rings is 2. The number of H-pyrrole nitrogens is 1. The van der Waals surface area contributed by atoms with Crippen molar-refractivity contribution in [3.63, 3.8) is 0 Å². The van der Waals surface area contributed by atoms with E-state index in [0.717, 1.165) is 10.0 Å². The van der Waals surface area contributed by atoms with E-state index in [2.05, 4.69) is 41.2 Å². The Hall–Kier alpha value is -2.81. The van der Waals surface area contributed by atoms with E-state index < -0.39 is 12.5 Å². The maximum absolute atomic E-state index is 12.2. The molecular weight excluding hydrogens is 398 g/mol. The fourth-order valence-electron chi connectivity index (χ4n) is 2.05.